The maximum Gasteiger partial charge on any atom is 0.223 e. The average molecular weight is 228 g/mol. The fourth-order valence-electron chi connectivity index (χ4n) is 1.96. The Kier molecular flexibility index (Phi) is 4.74. The second-order valence-electron chi connectivity index (χ2n) is 5.00. The lowest BCUT2D eigenvalue weighted by molar-refractivity contribution is -0.127. The first-order chi connectivity index (χ1) is 7.49. The van der Waals surface area contributed by atoms with Gasteiger partial charge in [-0.05, 0) is 39.7 Å². The summed E-state index contributed by atoms with van der Waals surface area (Å²) < 4.78 is 5.50. The molecule has 4 heteroatoms. The maximum atomic E-state index is 11.9. The van der Waals surface area contributed by atoms with Crippen LogP contribution in [0, 0.1) is 5.92 Å². The molecule has 3 N–H and O–H groups in total. The topological polar surface area (TPSA) is 64.4 Å². The smallest absolute Gasteiger partial charge is 0.223 e. The molecule has 1 rings (SSSR count). The molecule has 1 heterocycles. The molecule has 1 saturated heterocycles. The second kappa shape index (κ2) is 5.64. The van der Waals surface area contributed by atoms with Crippen LogP contribution in [0.2, 0.25) is 0 Å². The van der Waals surface area contributed by atoms with Gasteiger partial charge >= 0.3 is 0 Å². The Hall–Kier alpha value is -0.610. The van der Waals surface area contributed by atoms with Gasteiger partial charge in [0.2, 0.25) is 5.91 Å². The Morgan fingerprint density at radius 3 is 2.88 bits per heavy atom. The zero-order valence-corrected chi connectivity index (χ0v) is 10.6. The van der Waals surface area contributed by atoms with Crippen molar-refractivity contribution in [3.8, 4) is 0 Å². The van der Waals surface area contributed by atoms with Gasteiger partial charge in [0.1, 0.15) is 0 Å². The molecule has 0 aromatic carbocycles. The molecule has 1 aliphatic rings. The number of rotatable bonds is 5. The number of amides is 1. The maximum absolute atomic E-state index is 11.9. The van der Waals surface area contributed by atoms with Gasteiger partial charge in [0.25, 0.3) is 0 Å². The van der Waals surface area contributed by atoms with E-state index in [-0.39, 0.29) is 23.5 Å². The van der Waals surface area contributed by atoms with E-state index in [9.17, 15) is 4.79 Å². The van der Waals surface area contributed by atoms with Gasteiger partial charge in [-0.25, -0.2) is 0 Å². The molecule has 4 nitrogen and oxygen atoms in total. The number of hydrogen-bond acceptors (Lipinski definition) is 3. The Balaban J connectivity index is 2.44. The first-order valence-corrected chi connectivity index (χ1v) is 6.13. The van der Waals surface area contributed by atoms with Crippen molar-refractivity contribution in [1.82, 2.24) is 5.32 Å². The normalized spacial score (nSPS) is 31.4. The Bertz CT molecular complexity index is 245. The van der Waals surface area contributed by atoms with Gasteiger partial charge in [-0.1, -0.05) is 6.92 Å². The molecular weight excluding hydrogens is 204 g/mol. The van der Waals surface area contributed by atoms with E-state index in [2.05, 4.69) is 12.2 Å². The summed E-state index contributed by atoms with van der Waals surface area (Å²) in [7, 11) is 0. The first-order valence-electron chi connectivity index (χ1n) is 6.13. The van der Waals surface area contributed by atoms with Crippen molar-refractivity contribution in [1.29, 1.82) is 0 Å². The van der Waals surface area contributed by atoms with Crippen LogP contribution in [-0.4, -0.2) is 30.7 Å². The third-order valence-corrected chi connectivity index (χ3v) is 3.58. The highest BCUT2D eigenvalue weighted by molar-refractivity contribution is 5.79. The van der Waals surface area contributed by atoms with E-state index >= 15 is 0 Å². The fraction of sp³-hybridized carbons (Fsp3) is 0.917. The van der Waals surface area contributed by atoms with Crippen molar-refractivity contribution in [3.63, 3.8) is 0 Å². The predicted molar refractivity (Wildman–Crippen MR) is 64.0 cm³/mol. The predicted octanol–water partition coefficient (Wildman–Crippen LogP) is 1.05. The number of carbonyl (C=O) groups is 1. The Morgan fingerprint density at radius 2 is 2.38 bits per heavy atom. The van der Waals surface area contributed by atoms with E-state index < -0.39 is 0 Å². The standard InChI is InChI=1S/C12H24N2O2/c1-9(5-4-7-13)11(15)14-12(3)6-8-16-10(12)2/h9-10H,4-8,13H2,1-3H3,(H,14,15). The van der Waals surface area contributed by atoms with Gasteiger partial charge in [0, 0.05) is 12.5 Å². The number of hydrogen-bond donors (Lipinski definition) is 2. The third kappa shape index (κ3) is 3.19. The summed E-state index contributed by atoms with van der Waals surface area (Å²) >= 11 is 0. The van der Waals surface area contributed by atoms with Crippen LogP contribution in [0.5, 0.6) is 0 Å². The van der Waals surface area contributed by atoms with Gasteiger partial charge in [-0.15, -0.1) is 0 Å². The van der Waals surface area contributed by atoms with Gasteiger partial charge in [0.15, 0.2) is 0 Å². The summed E-state index contributed by atoms with van der Waals surface area (Å²) in [6, 6.07) is 0. The van der Waals surface area contributed by atoms with Gasteiger partial charge in [0.05, 0.1) is 11.6 Å². The van der Waals surface area contributed by atoms with Crippen molar-refractivity contribution in [2.75, 3.05) is 13.2 Å². The molecule has 0 radical (unpaired) electrons. The fourth-order valence-corrected chi connectivity index (χ4v) is 1.96. The summed E-state index contributed by atoms with van der Waals surface area (Å²) in [4.78, 5) is 11.9. The van der Waals surface area contributed by atoms with Crippen LogP contribution in [0.3, 0.4) is 0 Å². The highest BCUT2D eigenvalue weighted by Crippen LogP contribution is 2.25. The zero-order valence-electron chi connectivity index (χ0n) is 10.6. The van der Waals surface area contributed by atoms with Crippen molar-refractivity contribution in [3.05, 3.63) is 0 Å². The van der Waals surface area contributed by atoms with Crippen LogP contribution in [-0.2, 0) is 9.53 Å². The number of nitrogens with one attached hydrogen (secondary N) is 1. The largest absolute Gasteiger partial charge is 0.376 e. The van der Waals surface area contributed by atoms with E-state index in [1.54, 1.807) is 0 Å². The van der Waals surface area contributed by atoms with E-state index in [0.717, 1.165) is 25.9 Å². The molecule has 1 aliphatic heterocycles. The minimum absolute atomic E-state index is 0.0353. The molecule has 16 heavy (non-hydrogen) atoms. The van der Waals surface area contributed by atoms with Crippen molar-refractivity contribution in [2.45, 2.75) is 51.7 Å². The highest BCUT2D eigenvalue weighted by Gasteiger charge is 2.38. The molecule has 0 aromatic rings. The van der Waals surface area contributed by atoms with E-state index in [1.165, 1.54) is 0 Å². The molecular formula is C12H24N2O2. The minimum atomic E-state index is -0.200. The van der Waals surface area contributed by atoms with Crippen LogP contribution in [0.25, 0.3) is 0 Å². The van der Waals surface area contributed by atoms with Crippen molar-refractivity contribution in [2.24, 2.45) is 11.7 Å². The summed E-state index contributed by atoms with van der Waals surface area (Å²) in [6.45, 7) is 7.40. The van der Waals surface area contributed by atoms with Crippen molar-refractivity contribution < 1.29 is 9.53 Å². The Labute approximate surface area is 97.9 Å². The monoisotopic (exact) mass is 228 g/mol. The summed E-state index contributed by atoms with van der Waals surface area (Å²) in [6.07, 6.45) is 2.74. The van der Waals surface area contributed by atoms with E-state index in [0.29, 0.717) is 6.54 Å². The van der Waals surface area contributed by atoms with E-state index in [4.69, 9.17) is 10.5 Å². The number of carbonyl (C=O) groups excluding carboxylic acids is 1. The van der Waals surface area contributed by atoms with Crippen LogP contribution in [0.15, 0.2) is 0 Å². The summed E-state index contributed by atoms with van der Waals surface area (Å²) in [5.74, 6) is 0.154. The third-order valence-electron chi connectivity index (χ3n) is 3.58. The highest BCUT2D eigenvalue weighted by atomic mass is 16.5. The lowest BCUT2D eigenvalue weighted by atomic mass is 9.93. The molecule has 0 aliphatic carbocycles. The summed E-state index contributed by atoms with van der Waals surface area (Å²) in [5, 5.41) is 3.11. The van der Waals surface area contributed by atoms with Gasteiger partial charge in [-0.3, -0.25) is 4.79 Å². The number of nitrogens with two attached hydrogens (primary N) is 1. The van der Waals surface area contributed by atoms with Crippen LogP contribution in [0.4, 0.5) is 0 Å². The average Bonchev–Trinajstić information content (AvgIpc) is 2.55. The van der Waals surface area contributed by atoms with Crippen LogP contribution >= 0.6 is 0 Å². The van der Waals surface area contributed by atoms with Crippen LogP contribution < -0.4 is 11.1 Å². The molecule has 1 amide bonds. The number of ether oxygens (including phenoxy) is 1. The molecule has 0 aromatic heterocycles. The lowest BCUT2D eigenvalue weighted by Gasteiger charge is -2.30. The second-order valence-corrected chi connectivity index (χ2v) is 5.00. The first kappa shape index (κ1) is 13.5. The molecule has 1 fully saturated rings. The van der Waals surface area contributed by atoms with E-state index in [1.807, 2.05) is 13.8 Å². The molecule has 3 atom stereocenters. The zero-order chi connectivity index (χ0) is 12.2. The molecule has 94 valence electrons. The van der Waals surface area contributed by atoms with Gasteiger partial charge < -0.3 is 15.8 Å². The minimum Gasteiger partial charge on any atom is -0.376 e. The molecule has 0 saturated carbocycles. The lowest BCUT2D eigenvalue weighted by Crippen LogP contribution is -2.52. The Morgan fingerprint density at radius 1 is 1.69 bits per heavy atom. The van der Waals surface area contributed by atoms with Gasteiger partial charge in [-0.2, -0.15) is 0 Å². The molecule has 3 unspecified atom stereocenters. The quantitative estimate of drug-likeness (QED) is 0.739. The SMILES string of the molecule is CC(CCCN)C(=O)NC1(C)CCOC1C. The molecule has 0 spiro atoms. The molecule has 0 bridgehead atoms. The summed E-state index contributed by atoms with van der Waals surface area (Å²) in [5.41, 5.74) is 5.24. The van der Waals surface area contributed by atoms with Crippen LogP contribution in [0.1, 0.15) is 40.0 Å². The van der Waals surface area contributed by atoms with Crippen molar-refractivity contribution >= 4 is 5.91 Å².